The van der Waals surface area contributed by atoms with Crippen molar-refractivity contribution >= 4 is 5.97 Å². The summed E-state index contributed by atoms with van der Waals surface area (Å²) in [7, 11) is 0. The van der Waals surface area contributed by atoms with Gasteiger partial charge in [-0.1, -0.05) is 37.8 Å². The fourth-order valence-electron chi connectivity index (χ4n) is 3.52. The van der Waals surface area contributed by atoms with Gasteiger partial charge in [0.2, 0.25) is 0 Å². The Morgan fingerprint density at radius 2 is 1.92 bits per heavy atom. The Kier molecular flexibility index (Phi) is 5.37. The van der Waals surface area contributed by atoms with Crippen molar-refractivity contribution in [3.63, 3.8) is 0 Å². The molecule has 1 saturated carbocycles. The zero-order valence-corrected chi connectivity index (χ0v) is 14.9. The molecule has 1 N–H and O–H groups in total. The molecule has 1 aliphatic carbocycles. The molecule has 0 amide bonds. The van der Waals surface area contributed by atoms with Gasteiger partial charge in [-0.2, -0.15) is 0 Å². The molecule has 1 aromatic heterocycles. The number of aromatic nitrogens is 1. The minimum Gasteiger partial charge on any atom is -0.490 e. The Morgan fingerprint density at radius 1 is 1.20 bits per heavy atom. The van der Waals surface area contributed by atoms with E-state index in [-0.39, 0.29) is 6.10 Å². The third-order valence-corrected chi connectivity index (χ3v) is 4.69. The predicted octanol–water partition coefficient (Wildman–Crippen LogP) is 4.97. The quantitative estimate of drug-likeness (QED) is 0.807. The molecular formula is C21H25NO3. The van der Waals surface area contributed by atoms with E-state index in [2.05, 4.69) is 0 Å². The van der Waals surface area contributed by atoms with E-state index in [1.165, 1.54) is 12.8 Å². The van der Waals surface area contributed by atoms with Gasteiger partial charge in [0.25, 0.3) is 0 Å². The van der Waals surface area contributed by atoms with Crippen LogP contribution in [-0.2, 0) is 6.42 Å². The van der Waals surface area contributed by atoms with Crippen molar-refractivity contribution in [2.24, 2.45) is 5.92 Å². The van der Waals surface area contributed by atoms with Gasteiger partial charge in [-0.3, -0.25) is 4.98 Å². The molecule has 0 aliphatic heterocycles. The monoisotopic (exact) mass is 339 g/mol. The van der Waals surface area contributed by atoms with E-state index < -0.39 is 5.97 Å². The number of carbonyl (C=O) groups is 1. The summed E-state index contributed by atoms with van der Waals surface area (Å²) in [5.74, 6) is 0.418. The van der Waals surface area contributed by atoms with Crippen LogP contribution in [0.4, 0.5) is 0 Å². The summed E-state index contributed by atoms with van der Waals surface area (Å²) < 4.78 is 5.89. The fourth-order valence-corrected chi connectivity index (χ4v) is 3.52. The number of hydrogen-bond acceptors (Lipinski definition) is 3. The highest BCUT2D eigenvalue weighted by Gasteiger charge is 2.21. The van der Waals surface area contributed by atoms with E-state index in [4.69, 9.17) is 9.72 Å². The minimum atomic E-state index is -0.904. The number of ether oxygens (including phenoxy) is 1. The number of nitrogens with zero attached hydrogens (tertiary/aromatic N) is 1. The van der Waals surface area contributed by atoms with Gasteiger partial charge in [-0.05, 0) is 50.5 Å². The summed E-state index contributed by atoms with van der Waals surface area (Å²) in [6.45, 7) is 3.98. The summed E-state index contributed by atoms with van der Waals surface area (Å²) in [5, 5.41) is 9.51. The van der Waals surface area contributed by atoms with Crippen LogP contribution in [0.2, 0.25) is 0 Å². The minimum absolute atomic E-state index is 0.0670. The van der Waals surface area contributed by atoms with Gasteiger partial charge in [0.05, 0.1) is 23.1 Å². The smallest absolute Gasteiger partial charge is 0.337 e. The Balaban J connectivity index is 1.98. The molecule has 1 aliphatic rings. The molecule has 4 nitrogen and oxygen atoms in total. The number of carboxylic acid groups (broad SMARTS) is 1. The highest BCUT2D eigenvalue weighted by atomic mass is 16.5. The fraction of sp³-hybridized carbons (Fsp3) is 0.429. The lowest BCUT2D eigenvalue weighted by atomic mass is 9.97. The zero-order chi connectivity index (χ0) is 17.8. The second kappa shape index (κ2) is 7.68. The molecule has 25 heavy (non-hydrogen) atoms. The highest BCUT2D eigenvalue weighted by Crippen LogP contribution is 2.32. The SMILES string of the molecule is CC(C)Oc1ccccc1-c1ccc(C(=O)O)c(CC2CCCC2)n1. The number of hydrogen-bond donors (Lipinski definition) is 1. The first-order valence-electron chi connectivity index (χ1n) is 9.04. The number of benzene rings is 1. The van der Waals surface area contributed by atoms with E-state index >= 15 is 0 Å². The Morgan fingerprint density at radius 3 is 2.60 bits per heavy atom. The van der Waals surface area contributed by atoms with Crippen molar-refractivity contribution in [2.45, 2.75) is 52.1 Å². The number of pyridine rings is 1. The van der Waals surface area contributed by atoms with Crippen LogP contribution >= 0.6 is 0 Å². The van der Waals surface area contributed by atoms with Crippen molar-refractivity contribution in [3.8, 4) is 17.0 Å². The van der Waals surface area contributed by atoms with Crippen LogP contribution in [0, 0.1) is 5.92 Å². The molecule has 132 valence electrons. The molecule has 2 aromatic rings. The third-order valence-electron chi connectivity index (χ3n) is 4.69. The predicted molar refractivity (Wildman–Crippen MR) is 98.1 cm³/mol. The molecule has 0 radical (unpaired) electrons. The van der Waals surface area contributed by atoms with Gasteiger partial charge in [-0.25, -0.2) is 4.79 Å². The van der Waals surface area contributed by atoms with Gasteiger partial charge < -0.3 is 9.84 Å². The standard InChI is InChI=1S/C21H25NO3/c1-14(2)25-20-10-6-5-9-16(20)18-12-11-17(21(23)24)19(22-18)13-15-7-3-4-8-15/h5-6,9-12,14-15H,3-4,7-8,13H2,1-2H3,(H,23,24). The van der Waals surface area contributed by atoms with Crippen LogP contribution < -0.4 is 4.74 Å². The first kappa shape index (κ1) is 17.5. The average molecular weight is 339 g/mol. The van der Waals surface area contributed by atoms with Crippen LogP contribution in [0.1, 0.15) is 55.6 Å². The van der Waals surface area contributed by atoms with Crippen LogP contribution in [-0.4, -0.2) is 22.2 Å². The number of carboxylic acids is 1. The second-order valence-corrected chi connectivity index (χ2v) is 7.01. The molecule has 0 unspecified atom stereocenters. The van der Waals surface area contributed by atoms with Crippen molar-refractivity contribution in [1.82, 2.24) is 4.98 Å². The Bertz CT molecular complexity index is 749. The van der Waals surface area contributed by atoms with Crippen LogP contribution in [0.25, 0.3) is 11.3 Å². The number of rotatable bonds is 6. The summed E-state index contributed by atoms with van der Waals surface area (Å²) in [5.41, 5.74) is 2.68. The summed E-state index contributed by atoms with van der Waals surface area (Å²) >= 11 is 0. The largest absolute Gasteiger partial charge is 0.490 e. The first-order chi connectivity index (χ1) is 12.0. The van der Waals surface area contributed by atoms with E-state index in [9.17, 15) is 9.90 Å². The lowest BCUT2D eigenvalue weighted by molar-refractivity contribution is 0.0695. The van der Waals surface area contributed by atoms with Crippen LogP contribution in [0.5, 0.6) is 5.75 Å². The maximum absolute atomic E-state index is 11.6. The van der Waals surface area contributed by atoms with Crippen molar-refractivity contribution < 1.29 is 14.6 Å². The molecule has 0 atom stereocenters. The summed E-state index contributed by atoms with van der Waals surface area (Å²) in [4.78, 5) is 16.3. The lowest BCUT2D eigenvalue weighted by Crippen LogP contribution is -2.10. The molecule has 1 aromatic carbocycles. The van der Waals surface area contributed by atoms with Gasteiger partial charge in [0.15, 0.2) is 0 Å². The molecule has 0 spiro atoms. The van der Waals surface area contributed by atoms with Gasteiger partial charge in [-0.15, -0.1) is 0 Å². The lowest BCUT2D eigenvalue weighted by Gasteiger charge is -2.16. The van der Waals surface area contributed by atoms with Crippen molar-refractivity contribution in [2.75, 3.05) is 0 Å². The Labute approximate surface area is 148 Å². The molecule has 3 rings (SSSR count). The molecule has 4 heteroatoms. The van der Waals surface area contributed by atoms with Crippen LogP contribution in [0.15, 0.2) is 36.4 Å². The van der Waals surface area contributed by atoms with Crippen molar-refractivity contribution in [1.29, 1.82) is 0 Å². The summed E-state index contributed by atoms with van der Waals surface area (Å²) in [6, 6.07) is 11.3. The highest BCUT2D eigenvalue weighted by molar-refractivity contribution is 5.89. The van der Waals surface area contributed by atoms with Crippen LogP contribution in [0.3, 0.4) is 0 Å². The molecular weight excluding hydrogens is 314 g/mol. The van der Waals surface area contributed by atoms with E-state index in [1.807, 2.05) is 38.1 Å². The van der Waals surface area contributed by atoms with E-state index in [1.54, 1.807) is 12.1 Å². The van der Waals surface area contributed by atoms with E-state index in [0.717, 1.165) is 36.3 Å². The molecule has 0 bridgehead atoms. The normalized spacial score (nSPS) is 14.8. The molecule has 1 fully saturated rings. The number of aromatic carboxylic acids is 1. The Hall–Kier alpha value is -2.36. The topological polar surface area (TPSA) is 59.4 Å². The third kappa shape index (κ3) is 4.19. The van der Waals surface area contributed by atoms with Crippen molar-refractivity contribution in [3.05, 3.63) is 47.7 Å². The van der Waals surface area contributed by atoms with E-state index in [0.29, 0.717) is 17.2 Å². The average Bonchev–Trinajstić information content (AvgIpc) is 3.07. The molecule has 1 heterocycles. The van der Waals surface area contributed by atoms with Gasteiger partial charge >= 0.3 is 5.97 Å². The summed E-state index contributed by atoms with van der Waals surface area (Å²) in [6.07, 6.45) is 5.60. The zero-order valence-electron chi connectivity index (χ0n) is 14.9. The molecule has 0 saturated heterocycles. The first-order valence-corrected chi connectivity index (χ1v) is 9.04. The maximum Gasteiger partial charge on any atom is 0.337 e. The maximum atomic E-state index is 11.6. The number of para-hydroxylation sites is 1. The van der Waals surface area contributed by atoms with Gasteiger partial charge in [0, 0.05) is 5.56 Å². The second-order valence-electron chi connectivity index (χ2n) is 7.01. The van der Waals surface area contributed by atoms with Gasteiger partial charge in [0.1, 0.15) is 5.75 Å².